The fourth-order valence-corrected chi connectivity index (χ4v) is 1.86. The second-order valence-electron chi connectivity index (χ2n) is 4.73. The molecule has 19 heavy (non-hydrogen) atoms. The number of nitrogens with one attached hydrogen (secondary N) is 1. The van der Waals surface area contributed by atoms with Crippen molar-refractivity contribution in [2.24, 2.45) is 0 Å². The van der Waals surface area contributed by atoms with E-state index in [9.17, 15) is 18.0 Å². The Kier molecular flexibility index (Phi) is 3.80. The highest BCUT2D eigenvalue weighted by Crippen LogP contribution is 2.30. The van der Waals surface area contributed by atoms with Gasteiger partial charge in [0.15, 0.2) is 0 Å². The SMILES string of the molecule is O=C(O)C(Cc1cccc(C(F)(F)F)c1)NC1CC1. The molecule has 0 amide bonds. The third-order valence-corrected chi connectivity index (χ3v) is 3.01. The minimum atomic E-state index is -4.40. The van der Waals surface area contributed by atoms with Gasteiger partial charge in [-0.2, -0.15) is 13.2 Å². The summed E-state index contributed by atoms with van der Waals surface area (Å²) in [6.07, 6.45) is -2.51. The van der Waals surface area contributed by atoms with Crippen LogP contribution in [-0.4, -0.2) is 23.2 Å². The molecule has 1 aliphatic carbocycles. The number of hydrogen-bond acceptors (Lipinski definition) is 2. The highest BCUT2D eigenvalue weighted by Gasteiger charge is 2.31. The fraction of sp³-hybridized carbons (Fsp3) is 0.462. The summed E-state index contributed by atoms with van der Waals surface area (Å²) in [4.78, 5) is 11.1. The molecule has 1 saturated carbocycles. The molecule has 1 aromatic rings. The van der Waals surface area contributed by atoms with E-state index < -0.39 is 23.8 Å². The van der Waals surface area contributed by atoms with Crippen molar-refractivity contribution in [3.63, 3.8) is 0 Å². The van der Waals surface area contributed by atoms with Crippen molar-refractivity contribution in [3.8, 4) is 0 Å². The van der Waals surface area contributed by atoms with Crippen molar-refractivity contribution in [2.45, 2.75) is 37.5 Å². The molecule has 2 N–H and O–H groups in total. The van der Waals surface area contributed by atoms with Crippen LogP contribution in [0.2, 0.25) is 0 Å². The summed E-state index contributed by atoms with van der Waals surface area (Å²) in [5.41, 5.74) is -0.379. The van der Waals surface area contributed by atoms with E-state index in [2.05, 4.69) is 5.32 Å². The number of alkyl halides is 3. The van der Waals surface area contributed by atoms with Gasteiger partial charge in [-0.3, -0.25) is 4.79 Å². The normalized spacial score (nSPS) is 17.2. The van der Waals surface area contributed by atoms with E-state index in [0.29, 0.717) is 5.56 Å². The molecule has 1 aromatic carbocycles. The topological polar surface area (TPSA) is 49.3 Å². The van der Waals surface area contributed by atoms with Gasteiger partial charge in [0, 0.05) is 6.04 Å². The third-order valence-electron chi connectivity index (χ3n) is 3.01. The Balaban J connectivity index is 2.09. The van der Waals surface area contributed by atoms with Crippen molar-refractivity contribution < 1.29 is 23.1 Å². The predicted octanol–water partition coefficient (Wildman–Crippen LogP) is 2.45. The Morgan fingerprint density at radius 3 is 2.63 bits per heavy atom. The number of carboxylic acid groups (broad SMARTS) is 1. The molecule has 0 heterocycles. The smallest absolute Gasteiger partial charge is 0.416 e. The summed E-state index contributed by atoms with van der Waals surface area (Å²) in [5, 5.41) is 12.0. The van der Waals surface area contributed by atoms with E-state index >= 15 is 0 Å². The Bertz CT molecular complexity index is 469. The van der Waals surface area contributed by atoms with Gasteiger partial charge in [0.05, 0.1) is 5.56 Å². The molecule has 0 spiro atoms. The van der Waals surface area contributed by atoms with Gasteiger partial charge in [-0.1, -0.05) is 18.2 Å². The molecule has 1 aliphatic rings. The lowest BCUT2D eigenvalue weighted by Crippen LogP contribution is -2.39. The Morgan fingerprint density at radius 1 is 1.42 bits per heavy atom. The predicted molar refractivity (Wildman–Crippen MR) is 62.7 cm³/mol. The van der Waals surface area contributed by atoms with E-state index in [-0.39, 0.29) is 12.5 Å². The number of hydrogen-bond donors (Lipinski definition) is 2. The van der Waals surface area contributed by atoms with Crippen LogP contribution in [0.4, 0.5) is 13.2 Å². The van der Waals surface area contributed by atoms with Gasteiger partial charge < -0.3 is 10.4 Å². The van der Waals surface area contributed by atoms with Gasteiger partial charge in [-0.25, -0.2) is 0 Å². The fourth-order valence-electron chi connectivity index (χ4n) is 1.86. The molecule has 0 aromatic heterocycles. The van der Waals surface area contributed by atoms with Crippen LogP contribution in [-0.2, 0) is 17.4 Å². The maximum Gasteiger partial charge on any atom is 0.416 e. The summed E-state index contributed by atoms with van der Waals surface area (Å²) in [6.45, 7) is 0. The minimum Gasteiger partial charge on any atom is -0.480 e. The standard InChI is InChI=1S/C13H14F3NO2/c14-13(15,16)9-3-1-2-8(6-9)7-11(12(18)19)17-10-4-5-10/h1-3,6,10-11,17H,4-5,7H2,(H,18,19). The number of halogens is 3. The first kappa shape index (κ1) is 13.9. The lowest BCUT2D eigenvalue weighted by atomic mass is 10.0. The first-order chi connectivity index (χ1) is 8.86. The molecular formula is C13H14F3NO2. The number of carbonyl (C=O) groups is 1. The molecule has 2 rings (SSSR count). The lowest BCUT2D eigenvalue weighted by Gasteiger charge is -2.15. The molecule has 104 valence electrons. The average molecular weight is 273 g/mol. The number of aliphatic carboxylic acids is 1. The molecule has 0 aliphatic heterocycles. The van der Waals surface area contributed by atoms with Gasteiger partial charge in [-0.15, -0.1) is 0 Å². The number of benzene rings is 1. The van der Waals surface area contributed by atoms with Crippen LogP contribution >= 0.6 is 0 Å². The quantitative estimate of drug-likeness (QED) is 0.866. The van der Waals surface area contributed by atoms with E-state index in [1.807, 2.05) is 0 Å². The highest BCUT2D eigenvalue weighted by molar-refractivity contribution is 5.74. The van der Waals surface area contributed by atoms with Crippen LogP contribution < -0.4 is 5.32 Å². The zero-order valence-corrected chi connectivity index (χ0v) is 10.1. The average Bonchev–Trinajstić information content (AvgIpc) is 3.11. The van der Waals surface area contributed by atoms with E-state index in [1.165, 1.54) is 12.1 Å². The molecular weight excluding hydrogens is 259 g/mol. The van der Waals surface area contributed by atoms with Gasteiger partial charge >= 0.3 is 12.1 Å². The monoisotopic (exact) mass is 273 g/mol. The van der Waals surface area contributed by atoms with Crippen molar-refractivity contribution in [3.05, 3.63) is 35.4 Å². The molecule has 3 nitrogen and oxygen atoms in total. The van der Waals surface area contributed by atoms with Gasteiger partial charge in [0.1, 0.15) is 6.04 Å². The number of carboxylic acids is 1. The highest BCUT2D eigenvalue weighted by atomic mass is 19.4. The van der Waals surface area contributed by atoms with Crippen LogP contribution in [0.5, 0.6) is 0 Å². The molecule has 1 unspecified atom stereocenters. The molecule has 0 radical (unpaired) electrons. The van der Waals surface area contributed by atoms with Crippen LogP contribution in [0, 0.1) is 0 Å². The van der Waals surface area contributed by atoms with Crippen molar-refractivity contribution in [1.29, 1.82) is 0 Å². The summed E-state index contributed by atoms with van der Waals surface area (Å²) in [5.74, 6) is -1.04. The van der Waals surface area contributed by atoms with Crippen LogP contribution in [0.15, 0.2) is 24.3 Å². The first-order valence-corrected chi connectivity index (χ1v) is 6.01. The van der Waals surface area contributed by atoms with Crippen LogP contribution in [0.25, 0.3) is 0 Å². The second-order valence-corrected chi connectivity index (χ2v) is 4.73. The van der Waals surface area contributed by atoms with Crippen molar-refractivity contribution in [1.82, 2.24) is 5.32 Å². The molecule has 1 fully saturated rings. The Labute approximate surface area is 108 Å². The Morgan fingerprint density at radius 2 is 2.11 bits per heavy atom. The maximum atomic E-state index is 12.6. The third kappa shape index (κ3) is 3.96. The van der Waals surface area contributed by atoms with Crippen LogP contribution in [0.3, 0.4) is 0 Å². The minimum absolute atomic E-state index is 0.0513. The van der Waals surface area contributed by atoms with E-state index in [1.54, 1.807) is 0 Å². The van der Waals surface area contributed by atoms with Crippen LogP contribution in [0.1, 0.15) is 24.0 Å². The molecule has 0 saturated heterocycles. The lowest BCUT2D eigenvalue weighted by molar-refractivity contribution is -0.139. The summed E-state index contributed by atoms with van der Waals surface area (Å²) in [6, 6.07) is 4.15. The van der Waals surface area contributed by atoms with Gasteiger partial charge in [-0.05, 0) is 30.9 Å². The molecule has 0 bridgehead atoms. The second kappa shape index (κ2) is 5.21. The summed E-state index contributed by atoms with van der Waals surface area (Å²) >= 11 is 0. The first-order valence-electron chi connectivity index (χ1n) is 6.01. The van der Waals surface area contributed by atoms with Crippen molar-refractivity contribution in [2.75, 3.05) is 0 Å². The maximum absolute atomic E-state index is 12.6. The molecule has 1 atom stereocenters. The van der Waals surface area contributed by atoms with Crippen molar-refractivity contribution >= 4 is 5.97 Å². The number of rotatable bonds is 5. The zero-order chi connectivity index (χ0) is 14.0. The summed E-state index contributed by atoms with van der Waals surface area (Å²) in [7, 11) is 0. The zero-order valence-electron chi connectivity index (χ0n) is 10.1. The molecule has 6 heteroatoms. The summed E-state index contributed by atoms with van der Waals surface area (Å²) < 4.78 is 37.7. The largest absolute Gasteiger partial charge is 0.480 e. The Hall–Kier alpha value is -1.56. The van der Waals surface area contributed by atoms with Gasteiger partial charge in [0.2, 0.25) is 0 Å². The van der Waals surface area contributed by atoms with Gasteiger partial charge in [0.25, 0.3) is 0 Å². The van der Waals surface area contributed by atoms with E-state index in [4.69, 9.17) is 5.11 Å². The van der Waals surface area contributed by atoms with E-state index in [0.717, 1.165) is 25.0 Å².